The molecular weight excluding hydrogens is 1190 g/mol. The third-order valence-corrected chi connectivity index (χ3v) is 14.9. The third-order valence-electron chi connectivity index (χ3n) is 14.9. The largest absolute Gasteiger partial charge is 0.412 e. The highest BCUT2D eigenvalue weighted by Gasteiger charge is 2.24. The predicted octanol–water partition coefficient (Wildman–Crippen LogP) is 12.3. The van der Waals surface area contributed by atoms with Crippen LogP contribution >= 0.6 is 49.6 Å². The zero-order valence-electron chi connectivity index (χ0n) is 44.5. The van der Waals surface area contributed by atoms with Crippen LogP contribution in [0.15, 0.2) is 194 Å². The molecule has 428 valence electrons. The molecule has 0 radical (unpaired) electrons. The Morgan fingerprint density at radius 1 is 0.172 bits per heavy atom. The maximum Gasteiger partial charge on any atom is 0.164 e. The molecule has 0 atom stereocenters. The molecule has 23 heteroatoms. The number of benzene rings is 8. The monoisotopic (exact) mass is 1240 g/mol. The van der Waals surface area contributed by atoms with Crippen molar-refractivity contribution in [3.63, 3.8) is 0 Å². The molecule has 0 amide bonds. The maximum absolute atomic E-state index is 5.02. The summed E-state index contributed by atoms with van der Waals surface area (Å²) in [5.41, 5.74) is 12.9. The normalized spacial score (nSPS) is 11.0. The van der Waals surface area contributed by atoms with Crippen LogP contribution in [0.1, 0.15) is 0 Å². The lowest BCUT2D eigenvalue weighted by Gasteiger charge is -1.96. The molecule has 87 heavy (non-hydrogen) atoms. The van der Waals surface area contributed by atoms with Crippen molar-refractivity contribution in [2.45, 2.75) is 0 Å². The van der Waals surface area contributed by atoms with E-state index in [1.807, 2.05) is 194 Å². The van der Waals surface area contributed by atoms with Crippen LogP contribution in [0.5, 0.6) is 0 Å². The molecule has 0 saturated carbocycles. The highest BCUT2D eigenvalue weighted by atomic mass is 35.5. The number of rotatable bonds is 0. The maximum atomic E-state index is 5.02. The van der Waals surface area contributed by atoms with E-state index in [-0.39, 0.29) is 71.5 Å². The van der Waals surface area contributed by atoms with Crippen LogP contribution in [0.3, 0.4) is 0 Å². The van der Waals surface area contributed by atoms with E-state index in [2.05, 4.69) is 19.9 Å². The van der Waals surface area contributed by atoms with Crippen molar-refractivity contribution in [1.82, 2.24) is 79.7 Å². The Bertz CT molecular complexity index is 4430. The van der Waals surface area contributed by atoms with Gasteiger partial charge in [-0.05, 0) is 11.0 Å². The van der Waals surface area contributed by atoms with E-state index in [4.69, 9.17) is 59.8 Å². The molecule has 16 bridgehead atoms. The first-order valence-electron chi connectivity index (χ1n) is 26.0. The first kappa shape index (κ1) is 59.9. The molecule has 8 N–H and O–H groups in total. The van der Waals surface area contributed by atoms with E-state index >= 15 is 0 Å². The Morgan fingerprint density at radius 3 is 0.414 bits per heavy atom. The molecule has 0 saturated heterocycles. The zero-order chi connectivity index (χ0) is 52.4. The van der Waals surface area contributed by atoms with Crippen LogP contribution in [-0.4, -0.2) is 102 Å². The molecule has 0 fully saturated rings. The van der Waals surface area contributed by atoms with Crippen LogP contribution in [0, 0.1) is 0 Å². The Hall–Kier alpha value is -10.2. The van der Waals surface area contributed by atoms with Crippen molar-refractivity contribution in [2.75, 3.05) is 0 Å². The van der Waals surface area contributed by atoms with Crippen LogP contribution in [0.2, 0.25) is 0 Å². The second kappa shape index (κ2) is 23.7. The number of nitrogens with zero attached hydrogens (tertiary/aromatic N) is 12. The number of nitrogens with one attached hydrogen (secondary N) is 4. The lowest BCUT2D eigenvalue weighted by atomic mass is 10.1. The van der Waals surface area contributed by atoms with Gasteiger partial charge in [-0.1, -0.05) is 194 Å². The fourth-order valence-corrected chi connectivity index (χ4v) is 11.2. The minimum absolute atomic E-state index is 0. The standard InChI is InChI=1S/2C32H18N8.4ClH.2H2O.H4Si/c2*1-2-10-18-17(9-1)25-33-26(18)38-28-21-13-5-6-14-22(21)30(35-28)40-32-24-16-8-7-15-23(24)31(36-32)39-29-20-12-4-3-11-19(20)27(34-29)37-25;;;;;;;/h2*1-16H,(H2,33,34,35,36,37,38,39,40);4*1H;2*1H2;1H4. The summed E-state index contributed by atoms with van der Waals surface area (Å²) in [4.78, 5) is 73.5. The van der Waals surface area contributed by atoms with Crippen LogP contribution in [-0.2, 0) is 0 Å². The summed E-state index contributed by atoms with van der Waals surface area (Å²) < 4.78 is 0. The number of fused-ring (bicyclic) bond motifs is 40. The SMILES string of the molecule is Cl.Cl.Cl.Cl.O.O.[SiH4].c1ccc2c(c1)-c1nc-2nc2[nH]c(nc3nc(nc4[nH]c(n1)c1ccccc41)-c1ccccc1-3)c1ccccc21.c1ccc2c(c1)-c1nc-2nc2[nH]c(nc3nc(nc4[nH]c(n1)c1ccccc41)-c1ccccc1-3)c1ccccc21. The summed E-state index contributed by atoms with van der Waals surface area (Å²) in [6.45, 7) is 0. The fourth-order valence-electron chi connectivity index (χ4n) is 11.2. The Morgan fingerprint density at radius 2 is 0.287 bits per heavy atom. The van der Waals surface area contributed by atoms with Crippen molar-refractivity contribution in [3.05, 3.63) is 194 Å². The van der Waals surface area contributed by atoms with Crippen LogP contribution in [0.25, 0.3) is 179 Å². The summed E-state index contributed by atoms with van der Waals surface area (Å²) in [5, 5.41) is 7.64. The first-order chi connectivity index (χ1) is 39.6. The van der Waals surface area contributed by atoms with Crippen molar-refractivity contribution in [1.29, 1.82) is 0 Å². The highest BCUT2D eigenvalue weighted by molar-refractivity contribution is 6.08. The number of H-pyrrole nitrogens is 4. The second-order valence-electron chi connectivity index (χ2n) is 19.6. The van der Waals surface area contributed by atoms with Gasteiger partial charge in [0.1, 0.15) is 45.2 Å². The van der Waals surface area contributed by atoms with Gasteiger partial charge in [-0.25, -0.2) is 59.8 Å². The smallest absolute Gasteiger partial charge is 0.164 e. The van der Waals surface area contributed by atoms with Gasteiger partial charge in [0.15, 0.2) is 46.6 Å². The van der Waals surface area contributed by atoms with E-state index in [9.17, 15) is 0 Å². The molecule has 4 aliphatic rings. The molecule has 6 aromatic heterocycles. The summed E-state index contributed by atoms with van der Waals surface area (Å²) in [7, 11) is 0. The lowest BCUT2D eigenvalue weighted by molar-refractivity contribution is 0.823. The van der Waals surface area contributed by atoms with E-state index < -0.39 is 0 Å². The van der Waals surface area contributed by atoms with Gasteiger partial charge in [-0.3, -0.25) is 0 Å². The minimum Gasteiger partial charge on any atom is -0.412 e. The van der Waals surface area contributed by atoms with Gasteiger partial charge < -0.3 is 30.9 Å². The number of hydrogen-bond acceptors (Lipinski definition) is 12. The van der Waals surface area contributed by atoms with E-state index in [1.165, 1.54) is 0 Å². The molecular formula is C64H48Cl4N16O2Si. The average Bonchev–Trinajstić information content (AvgIpc) is 1.76. The quantitative estimate of drug-likeness (QED) is 0.103. The summed E-state index contributed by atoms with van der Waals surface area (Å²) in [5.74, 6) is 4.78. The van der Waals surface area contributed by atoms with Gasteiger partial charge in [0.05, 0.1) is 0 Å². The Labute approximate surface area is 521 Å². The summed E-state index contributed by atoms with van der Waals surface area (Å²) in [6.07, 6.45) is 0. The van der Waals surface area contributed by atoms with Crippen molar-refractivity contribution < 1.29 is 11.0 Å². The summed E-state index contributed by atoms with van der Waals surface area (Å²) in [6, 6.07) is 64.5. The van der Waals surface area contributed by atoms with Crippen molar-refractivity contribution in [2.24, 2.45) is 0 Å². The molecule has 0 aliphatic carbocycles. The Kier molecular flexibility index (Phi) is 16.3. The number of aromatic amines is 4. The molecule has 0 unspecified atom stereocenters. The van der Waals surface area contributed by atoms with Gasteiger partial charge in [-0.15, -0.1) is 49.6 Å². The van der Waals surface area contributed by atoms with Crippen molar-refractivity contribution in [3.8, 4) is 91.1 Å². The fraction of sp³-hybridized carbons (Fsp3) is 0. The van der Waals surface area contributed by atoms with Gasteiger partial charge in [0, 0.05) is 87.6 Å². The molecule has 4 aliphatic heterocycles. The third kappa shape index (κ3) is 9.74. The lowest BCUT2D eigenvalue weighted by Crippen LogP contribution is -1.83. The molecule has 18 nitrogen and oxygen atoms in total. The molecule has 14 aromatic rings. The van der Waals surface area contributed by atoms with Crippen molar-refractivity contribution >= 4 is 149 Å². The van der Waals surface area contributed by atoms with Crippen LogP contribution < -0.4 is 0 Å². The molecule has 8 aromatic carbocycles. The zero-order valence-corrected chi connectivity index (χ0v) is 47.7. The number of aromatic nitrogens is 16. The molecule has 10 heterocycles. The van der Waals surface area contributed by atoms with Gasteiger partial charge in [0.2, 0.25) is 0 Å². The minimum atomic E-state index is 0. The van der Waals surface area contributed by atoms with E-state index in [0.717, 1.165) is 87.6 Å². The highest BCUT2D eigenvalue weighted by Crippen LogP contribution is 2.39. The predicted molar refractivity (Wildman–Crippen MR) is 360 cm³/mol. The Balaban J connectivity index is 0.000000178. The van der Waals surface area contributed by atoms with E-state index in [0.29, 0.717) is 91.8 Å². The average molecular weight is 1240 g/mol. The number of hydrogen-bond donors (Lipinski definition) is 4. The van der Waals surface area contributed by atoms with Gasteiger partial charge in [-0.2, -0.15) is 0 Å². The topological polar surface area (TPSA) is 281 Å². The second-order valence-corrected chi connectivity index (χ2v) is 19.6. The molecule has 18 rings (SSSR count). The van der Waals surface area contributed by atoms with Crippen LogP contribution in [0.4, 0.5) is 0 Å². The number of halogens is 4. The first-order valence-corrected chi connectivity index (χ1v) is 26.0. The van der Waals surface area contributed by atoms with Gasteiger partial charge >= 0.3 is 0 Å². The van der Waals surface area contributed by atoms with Gasteiger partial charge in [0.25, 0.3) is 0 Å². The van der Waals surface area contributed by atoms with E-state index in [1.54, 1.807) is 0 Å². The summed E-state index contributed by atoms with van der Waals surface area (Å²) >= 11 is 0. The molecule has 0 spiro atoms.